The van der Waals surface area contributed by atoms with Gasteiger partial charge in [-0.2, -0.15) is 0 Å². The Bertz CT molecular complexity index is 480. The van der Waals surface area contributed by atoms with Gasteiger partial charge in [0.25, 0.3) is 0 Å². The largest absolute Gasteiger partial charge is 0.383 e. The van der Waals surface area contributed by atoms with Crippen LogP contribution in [-0.2, 0) is 10.0 Å². The lowest BCUT2D eigenvalue weighted by molar-refractivity contribution is 0.607. The fourth-order valence-electron chi connectivity index (χ4n) is 1.57. The number of benzene rings is 1. The van der Waals surface area contributed by atoms with Crippen LogP contribution in [0.15, 0.2) is 36.9 Å². The van der Waals surface area contributed by atoms with E-state index in [1.54, 1.807) is 12.1 Å². The van der Waals surface area contributed by atoms with E-state index < -0.39 is 10.0 Å². The first kappa shape index (κ1) is 14.6. The SMILES string of the molecule is C=CCC[C@@H](C)Nc1ccc(NS(C)(=O)=O)cc1. The summed E-state index contributed by atoms with van der Waals surface area (Å²) >= 11 is 0. The summed E-state index contributed by atoms with van der Waals surface area (Å²) < 4.78 is 24.5. The van der Waals surface area contributed by atoms with Crippen molar-refractivity contribution in [2.45, 2.75) is 25.8 Å². The van der Waals surface area contributed by atoms with Gasteiger partial charge in [-0.1, -0.05) is 6.08 Å². The molecule has 0 saturated carbocycles. The maximum absolute atomic E-state index is 11.0. The molecule has 0 unspecified atom stereocenters. The van der Waals surface area contributed by atoms with Crippen LogP contribution in [0, 0.1) is 0 Å². The first-order valence-corrected chi connectivity index (χ1v) is 7.75. The maximum atomic E-state index is 11.0. The highest BCUT2D eigenvalue weighted by atomic mass is 32.2. The molecule has 0 heterocycles. The number of allylic oxidation sites excluding steroid dienone is 1. The van der Waals surface area contributed by atoms with Gasteiger partial charge in [0.1, 0.15) is 0 Å². The quantitative estimate of drug-likeness (QED) is 0.748. The Morgan fingerprint density at radius 3 is 2.33 bits per heavy atom. The van der Waals surface area contributed by atoms with Crippen LogP contribution in [0.1, 0.15) is 19.8 Å². The molecule has 0 amide bonds. The second-order valence-electron chi connectivity index (χ2n) is 4.36. The molecule has 2 N–H and O–H groups in total. The summed E-state index contributed by atoms with van der Waals surface area (Å²) in [7, 11) is -3.21. The summed E-state index contributed by atoms with van der Waals surface area (Å²) in [6.07, 6.45) is 5.03. The highest BCUT2D eigenvalue weighted by Crippen LogP contribution is 2.16. The lowest BCUT2D eigenvalue weighted by atomic mass is 10.1. The van der Waals surface area contributed by atoms with Crippen molar-refractivity contribution in [2.75, 3.05) is 16.3 Å². The van der Waals surface area contributed by atoms with Gasteiger partial charge in [0.2, 0.25) is 10.0 Å². The normalized spacial score (nSPS) is 12.8. The summed E-state index contributed by atoms with van der Waals surface area (Å²) in [6.45, 7) is 5.80. The van der Waals surface area contributed by atoms with Crippen molar-refractivity contribution in [3.63, 3.8) is 0 Å². The summed E-state index contributed by atoms with van der Waals surface area (Å²) in [4.78, 5) is 0. The minimum Gasteiger partial charge on any atom is -0.383 e. The van der Waals surface area contributed by atoms with Crippen LogP contribution in [0.3, 0.4) is 0 Å². The Balaban J connectivity index is 2.57. The second kappa shape index (κ2) is 6.44. The molecule has 0 saturated heterocycles. The van der Waals surface area contributed by atoms with Crippen LogP contribution in [0.2, 0.25) is 0 Å². The van der Waals surface area contributed by atoms with E-state index in [9.17, 15) is 8.42 Å². The molecule has 1 aromatic carbocycles. The van der Waals surface area contributed by atoms with E-state index in [-0.39, 0.29) is 0 Å². The van der Waals surface area contributed by atoms with E-state index in [2.05, 4.69) is 23.5 Å². The lowest BCUT2D eigenvalue weighted by Gasteiger charge is -2.14. The zero-order valence-electron chi connectivity index (χ0n) is 10.8. The number of nitrogens with one attached hydrogen (secondary N) is 2. The van der Waals surface area contributed by atoms with Crippen LogP contribution in [0.5, 0.6) is 0 Å². The van der Waals surface area contributed by atoms with Gasteiger partial charge >= 0.3 is 0 Å². The van der Waals surface area contributed by atoms with Crippen molar-refractivity contribution in [1.29, 1.82) is 0 Å². The van der Waals surface area contributed by atoms with Crippen LogP contribution < -0.4 is 10.0 Å². The maximum Gasteiger partial charge on any atom is 0.229 e. The second-order valence-corrected chi connectivity index (χ2v) is 6.11. The number of hydrogen-bond acceptors (Lipinski definition) is 3. The highest BCUT2D eigenvalue weighted by molar-refractivity contribution is 7.92. The fraction of sp³-hybridized carbons (Fsp3) is 0.385. The van der Waals surface area contributed by atoms with Gasteiger partial charge in [-0.25, -0.2) is 8.42 Å². The van der Waals surface area contributed by atoms with E-state index in [1.807, 2.05) is 18.2 Å². The van der Waals surface area contributed by atoms with E-state index in [0.717, 1.165) is 24.8 Å². The zero-order chi connectivity index (χ0) is 13.6. The predicted octanol–water partition coefficient (Wildman–Crippen LogP) is 2.82. The molecule has 0 radical (unpaired) electrons. The first-order chi connectivity index (χ1) is 8.40. The summed E-state index contributed by atoms with van der Waals surface area (Å²) in [6, 6.07) is 7.56. The number of hydrogen-bond donors (Lipinski definition) is 2. The van der Waals surface area contributed by atoms with Crippen molar-refractivity contribution in [2.24, 2.45) is 0 Å². The number of rotatable bonds is 7. The molecular weight excluding hydrogens is 248 g/mol. The van der Waals surface area contributed by atoms with E-state index >= 15 is 0 Å². The average Bonchev–Trinajstić information content (AvgIpc) is 2.27. The Morgan fingerprint density at radius 2 is 1.83 bits per heavy atom. The molecule has 100 valence electrons. The molecule has 0 aromatic heterocycles. The summed E-state index contributed by atoms with van der Waals surface area (Å²) in [5, 5.41) is 3.34. The first-order valence-electron chi connectivity index (χ1n) is 5.86. The topological polar surface area (TPSA) is 58.2 Å². The van der Waals surface area contributed by atoms with Gasteiger partial charge in [-0.15, -0.1) is 6.58 Å². The molecule has 1 aromatic rings. The molecule has 4 nitrogen and oxygen atoms in total. The third-order valence-electron chi connectivity index (χ3n) is 2.41. The molecule has 0 bridgehead atoms. The van der Waals surface area contributed by atoms with Crippen molar-refractivity contribution in [3.8, 4) is 0 Å². The van der Waals surface area contributed by atoms with Crippen LogP contribution in [0.25, 0.3) is 0 Å². The van der Waals surface area contributed by atoms with Crippen LogP contribution in [-0.4, -0.2) is 20.7 Å². The molecule has 0 spiro atoms. The number of anilines is 2. The van der Waals surface area contributed by atoms with Gasteiger partial charge in [-0.05, 0) is 44.0 Å². The molecular formula is C13H20N2O2S. The summed E-state index contributed by atoms with van der Waals surface area (Å²) in [5.41, 5.74) is 1.55. The fourth-order valence-corrected chi connectivity index (χ4v) is 2.14. The Labute approximate surface area is 109 Å². The van der Waals surface area contributed by atoms with E-state index in [1.165, 1.54) is 0 Å². The lowest BCUT2D eigenvalue weighted by Crippen LogP contribution is -2.14. The molecule has 18 heavy (non-hydrogen) atoms. The van der Waals surface area contributed by atoms with Gasteiger partial charge in [0.15, 0.2) is 0 Å². The van der Waals surface area contributed by atoms with Crippen LogP contribution >= 0.6 is 0 Å². The van der Waals surface area contributed by atoms with E-state index in [0.29, 0.717) is 11.7 Å². The third kappa shape index (κ3) is 5.72. The van der Waals surface area contributed by atoms with Gasteiger partial charge in [-0.3, -0.25) is 4.72 Å². The monoisotopic (exact) mass is 268 g/mol. The number of sulfonamides is 1. The van der Waals surface area contributed by atoms with Crippen molar-refractivity contribution < 1.29 is 8.42 Å². The molecule has 0 aliphatic heterocycles. The average molecular weight is 268 g/mol. The van der Waals surface area contributed by atoms with Gasteiger partial charge in [0.05, 0.1) is 6.26 Å². The van der Waals surface area contributed by atoms with Crippen molar-refractivity contribution in [3.05, 3.63) is 36.9 Å². The predicted molar refractivity (Wildman–Crippen MR) is 77.4 cm³/mol. The molecule has 1 atom stereocenters. The molecule has 0 fully saturated rings. The van der Waals surface area contributed by atoms with Crippen LogP contribution in [0.4, 0.5) is 11.4 Å². The van der Waals surface area contributed by atoms with Crippen molar-refractivity contribution in [1.82, 2.24) is 0 Å². The Morgan fingerprint density at radius 1 is 1.28 bits per heavy atom. The van der Waals surface area contributed by atoms with E-state index in [4.69, 9.17) is 0 Å². The standard InChI is InChI=1S/C13H20N2O2S/c1-4-5-6-11(2)14-12-7-9-13(10-8-12)15-18(3,16)17/h4,7-11,14-15H,1,5-6H2,2-3H3/t11-/m1/s1. The smallest absolute Gasteiger partial charge is 0.229 e. The molecule has 1 rings (SSSR count). The highest BCUT2D eigenvalue weighted by Gasteiger charge is 2.03. The molecule has 0 aliphatic rings. The minimum absolute atomic E-state index is 0.358. The molecule has 5 heteroatoms. The third-order valence-corrected chi connectivity index (χ3v) is 3.01. The zero-order valence-corrected chi connectivity index (χ0v) is 11.6. The summed E-state index contributed by atoms with van der Waals surface area (Å²) in [5.74, 6) is 0. The van der Waals surface area contributed by atoms with Gasteiger partial charge < -0.3 is 5.32 Å². The minimum atomic E-state index is -3.21. The Kier molecular flexibility index (Phi) is 5.22. The van der Waals surface area contributed by atoms with Crippen molar-refractivity contribution >= 4 is 21.4 Å². The molecule has 0 aliphatic carbocycles. The van der Waals surface area contributed by atoms with Gasteiger partial charge in [0, 0.05) is 17.4 Å². The Hall–Kier alpha value is -1.49.